The van der Waals surface area contributed by atoms with E-state index in [2.05, 4.69) is 20.4 Å². The van der Waals surface area contributed by atoms with Crippen LogP contribution in [0.25, 0.3) is 0 Å². The smallest absolute Gasteiger partial charge is 0.317 e. The summed E-state index contributed by atoms with van der Waals surface area (Å²) in [6.07, 6.45) is 9.36. The summed E-state index contributed by atoms with van der Waals surface area (Å²) in [7, 11) is 1.90. The Balaban J connectivity index is 1.42. The molecule has 1 N–H and O–H groups in total. The summed E-state index contributed by atoms with van der Waals surface area (Å²) < 4.78 is 1.85. The van der Waals surface area contributed by atoms with Crippen molar-refractivity contribution in [2.75, 3.05) is 32.7 Å². The van der Waals surface area contributed by atoms with Gasteiger partial charge in [-0.2, -0.15) is 0 Å². The van der Waals surface area contributed by atoms with E-state index in [1.807, 2.05) is 23.4 Å². The van der Waals surface area contributed by atoms with Crippen LogP contribution >= 0.6 is 0 Å². The van der Waals surface area contributed by atoms with Gasteiger partial charge in [-0.15, -0.1) is 10.2 Å². The third-order valence-corrected chi connectivity index (χ3v) is 5.59. The lowest BCUT2D eigenvalue weighted by Crippen LogP contribution is -2.46. The quantitative estimate of drug-likeness (QED) is 0.906. The number of likely N-dealkylation sites (tertiary alicyclic amines) is 2. The number of carbonyl (C=O) groups is 1. The number of hydrogen-bond acceptors (Lipinski definition) is 4. The summed E-state index contributed by atoms with van der Waals surface area (Å²) in [4.78, 5) is 17.1. The molecule has 0 radical (unpaired) electrons. The van der Waals surface area contributed by atoms with Gasteiger partial charge in [0, 0.05) is 26.7 Å². The van der Waals surface area contributed by atoms with E-state index in [1.54, 1.807) is 6.33 Å². The first kappa shape index (κ1) is 18.2. The average Bonchev–Trinajstić information content (AvgIpc) is 2.88. The van der Waals surface area contributed by atoms with E-state index >= 15 is 0 Å². The van der Waals surface area contributed by atoms with Crippen LogP contribution in [0.2, 0.25) is 0 Å². The minimum Gasteiger partial charge on any atom is -0.328 e. The molecule has 0 bridgehead atoms. The van der Waals surface area contributed by atoms with Gasteiger partial charge in [-0.3, -0.25) is 0 Å². The normalized spacial score (nSPS) is 21.8. The van der Waals surface area contributed by atoms with Crippen molar-refractivity contribution in [2.45, 2.75) is 51.5 Å². The van der Waals surface area contributed by atoms with E-state index in [0.717, 1.165) is 37.7 Å². The summed E-state index contributed by atoms with van der Waals surface area (Å²) in [5.41, 5.74) is 0. The van der Waals surface area contributed by atoms with Crippen LogP contribution in [0.3, 0.4) is 0 Å². The number of urea groups is 1. The molecule has 2 aliphatic rings. The fraction of sp³-hybridized carbons (Fsp3) is 0.833. The molecule has 2 aliphatic heterocycles. The van der Waals surface area contributed by atoms with Crippen LogP contribution in [-0.2, 0) is 7.05 Å². The minimum atomic E-state index is -0.130. The molecular formula is C18H32N6O. The average molecular weight is 348 g/mol. The molecule has 7 heteroatoms. The number of piperidine rings is 1. The van der Waals surface area contributed by atoms with Crippen LogP contribution in [0, 0.1) is 5.92 Å². The van der Waals surface area contributed by atoms with Gasteiger partial charge in [-0.25, -0.2) is 4.79 Å². The minimum absolute atomic E-state index is 0.0173. The lowest BCUT2D eigenvalue weighted by molar-refractivity contribution is 0.146. The molecule has 3 heterocycles. The molecule has 25 heavy (non-hydrogen) atoms. The highest BCUT2D eigenvalue weighted by Crippen LogP contribution is 2.21. The molecule has 1 aromatic rings. The Morgan fingerprint density at radius 1 is 1.20 bits per heavy atom. The number of carbonyl (C=O) groups excluding carboxylic acids is 1. The molecule has 0 aromatic carbocycles. The van der Waals surface area contributed by atoms with Crippen molar-refractivity contribution in [3.63, 3.8) is 0 Å². The highest BCUT2D eigenvalue weighted by molar-refractivity contribution is 5.74. The van der Waals surface area contributed by atoms with Crippen LogP contribution in [0.15, 0.2) is 6.33 Å². The van der Waals surface area contributed by atoms with Gasteiger partial charge in [-0.1, -0.05) is 12.8 Å². The van der Waals surface area contributed by atoms with Crippen molar-refractivity contribution in [1.29, 1.82) is 0 Å². The number of nitrogens with one attached hydrogen (secondary N) is 1. The summed E-state index contributed by atoms with van der Waals surface area (Å²) in [5.74, 6) is 1.52. The van der Waals surface area contributed by atoms with Crippen LogP contribution in [-0.4, -0.2) is 63.3 Å². The number of aryl methyl sites for hydroxylation is 1. The van der Waals surface area contributed by atoms with Gasteiger partial charge in [0.1, 0.15) is 6.33 Å². The van der Waals surface area contributed by atoms with Gasteiger partial charge in [0.2, 0.25) is 0 Å². The molecule has 1 aromatic heterocycles. The maximum absolute atomic E-state index is 12.5. The summed E-state index contributed by atoms with van der Waals surface area (Å²) >= 11 is 0. The highest BCUT2D eigenvalue weighted by Gasteiger charge is 2.26. The fourth-order valence-corrected chi connectivity index (χ4v) is 4.03. The lowest BCUT2D eigenvalue weighted by Gasteiger charge is -2.35. The lowest BCUT2D eigenvalue weighted by atomic mass is 9.96. The Labute approximate surface area is 150 Å². The van der Waals surface area contributed by atoms with Gasteiger partial charge in [0.15, 0.2) is 5.82 Å². The fourth-order valence-electron chi connectivity index (χ4n) is 4.03. The monoisotopic (exact) mass is 348 g/mol. The van der Waals surface area contributed by atoms with Crippen molar-refractivity contribution in [2.24, 2.45) is 13.0 Å². The molecule has 0 aliphatic carbocycles. The SMILES string of the molecule is C[C@H](NC(=O)N1CCC(CN2CCCCCC2)CC1)c1nncn1C. The van der Waals surface area contributed by atoms with Crippen molar-refractivity contribution in [3.8, 4) is 0 Å². The van der Waals surface area contributed by atoms with Gasteiger partial charge >= 0.3 is 6.03 Å². The van der Waals surface area contributed by atoms with Gasteiger partial charge < -0.3 is 19.7 Å². The third kappa shape index (κ3) is 4.93. The standard InChI is InChI=1S/C18H32N6O/c1-15(17-21-19-14-22(17)2)20-18(25)24-11-7-16(8-12-24)13-23-9-5-3-4-6-10-23/h14-16H,3-13H2,1-2H3,(H,20,25)/t15-/m0/s1. The van der Waals surface area contributed by atoms with Crippen molar-refractivity contribution >= 4 is 6.03 Å². The predicted molar refractivity (Wildman–Crippen MR) is 97.2 cm³/mol. The molecular weight excluding hydrogens is 316 g/mol. The van der Waals surface area contributed by atoms with Crippen LogP contribution in [0.5, 0.6) is 0 Å². The maximum Gasteiger partial charge on any atom is 0.317 e. The molecule has 140 valence electrons. The molecule has 7 nitrogen and oxygen atoms in total. The van der Waals surface area contributed by atoms with E-state index in [4.69, 9.17) is 0 Å². The summed E-state index contributed by atoms with van der Waals surface area (Å²) in [5, 5.41) is 11.0. The van der Waals surface area contributed by atoms with Crippen molar-refractivity contribution < 1.29 is 4.79 Å². The second-order valence-corrected chi connectivity index (χ2v) is 7.62. The molecule has 3 rings (SSSR count). The Bertz CT molecular complexity index is 544. The molecule has 2 fully saturated rings. The van der Waals surface area contributed by atoms with Gasteiger partial charge in [0.25, 0.3) is 0 Å². The first-order valence-electron chi connectivity index (χ1n) is 9.75. The van der Waals surface area contributed by atoms with Crippen LogP contribution < -0.4 is 5.32 Å². The Hall–Kier alpha value is -1.63. The number of rotatable bonds is 4. The van der Waals surface area contributed by atoms with Crippen molar-refractivity contribution in [1.82, 2.24) is 29.9 Å². The second kappa shape index (κ2) is 8.65. The zero-order valence-corrected chi connectivity index (χ0v) is 15.7. The zero-order valence-electron chi connectivity index (χ0n) is 15.7. The highest BCUT2D eigenvalue weighted by atomic mass is 16.2. The van der Waals surface area contributed by atoms with E-state index < -0.39 is 0 Å². The molecule has 2 amide bonds. The molecule has 1 atom stereocenters. The molecule has 0 unspecified atom stereocenters. The van der Waals surface area contributed by atoms with Gasteiger partial charge in [0.05, 0.1) is 6.04 Å². The van der Waals surface area contributed by atoms with Crippen molar-refractivity contribution in [3.05, 3.63) is 12.2 Å². The van der Waals surface area contributed by atoms with Crippen LogP contribution in [0.4, 0.5) is 4.79 Å². The number of nitrogens with zero attached hydrogens (tertiary/aromatic N) is 5. The topological polar surface area (TPSA) is 66.3 Å². The first-order chi connectivity index (χ1) is 12.1. The van der Waals surface area contributed by atoms with E-state index in [9.17, 15) is 4.79 Å². The third-order valence-electron chi connectivity index (χ3n) is 5.59. The summed E-state index contributed by atoms with van der Waals surface area (Å²) in [6, 6.07) is -0.112. The number of aromatic nitrogens is 3. The van der Waals surface area contributed by atoms with Gasteiger partial charge in [-0.05, 0) is 51.6 Å². The number of amides is 2. The molecule has 0 saturated carbocycles. The zero-order chi connectivity index (χ0) is 17.6. The first-order valence-corrected chi connectivity index (χ1v) is 9.75. The van der Waals surface area contributed by atoms with Crippen LogP contribution in [0.1, 0.15) is 57.3 Å². The largest absolute Gasteiger partial charge is 0.328 e. The Kier molecular flexibility index (Phi) is 6.29. The van der Waals surface area contributed by atoms with E-state index in [-0.39, 0.29) is 12.1 Å². The number of hydrogen-bond donors (Lipinski definition) is 1. The molecule has 2 saturated heterocycles. The summed E-state index contributed by atoms with van der Waals surface area (Å²) in [6.45, 7) is 7.40. The second-order valence-electron chi connectivity index (χ2n) is 7.62. The molecule has 0 spiro atoms. The Morgan fingerprint density at radius 3 is 2.48 bits per heavy atom. The van der Waals surface area contributed by atoms with E-state index in [1.165, 1.54) is 45.3 Å². The maximum atomic E-state index is 12.5. The predicted octanol–water partition coefficient (Wildman–Crippen LogP) is 2.17. The van der Waals surface area contributed by atoms with E-state index in [0.29, 0.717) is 0 Å². The Morgan fingerprint density at radius 2 is 1.88 bits per heavy atom.